The van der Waals surface area contributed by atoms with Crippen molar-refractivity contribution >= 4 is 11.6 Å². The Labute approximate surface area is 156 Å². The van der Waals surface area contributed by atoms with Crippen LogP contribution in [0.1, 0.15) is 33.5 Å². The Morgan fingerprint density at radius 1 is 0.889 bits per heavy atom. The highest BCUT2D eigenvalue weighted by atomic mass is 19.4. The minimum Gasteiger partial charge on any atom is -0.368 e. The van der Waals surface area contributed by atoms with Gasteiger partial charge in [-0.25, -0.2) is 0 Å². The van der Waals surface area contributed by atoms with E-state index < -0.39 is 11.7 Å². The Bertz CT molecular complexity index is 855. The Kier molecular flexibility index (Phi) is 4.58. The Hall–Kier alpha value is -2.50. The largest absolute Gasteiger partial charge is 0.416 e. The van der Waals surface area contributed by atoms with Gasteiger partial charge >= 0.3 is 6.18 Å². The molecule has 142 valence electrons. The molecule has 2 aliphatic rings. The van der Waals surface area contributed by atoms with Crippen molar-refractivity contribution in [1.29, 1.82) is 0 Å². The fourth-order valence-corrected chi connectivity index (χ4v) is 3.93. The predicted octanol–water partition coefficient (Wildman–Crippen LogP) is 4.16. The molecule has 6 heteroatoms. The monoisotopic (exact) mass is 374 g/mol. The molecule has 2 aromatic carbocycles. The zero-order valence-corrected chi connectivity index (χ0v) is 14.9. The van der Waals surface area contributed by atoms with Gasteiger partial charge in [0.1, 0.15) is 0 Å². The average molecular weight is 374 g/mol. The van der Waals surface area contributed by atoms with E-state index in [1.807, 2.05) is 17.0 Å². The van der Waals surface area contributed by atoms with Crippen LogP contribution in [0.4, 0.5) is 18.9 Å². The van der Waals surface area contributed by atoms with Crippen LogP contribution in [0.5, 0.6) is 0 Å². The Morgan fingerprint density at radius 3 is 2.37 bits per heavy atom. The fraction of sp³-hybridized carbons (Fsp3) is 0.381. The molecule has 1 heterocycles. The van der Waals surface area contributed by atoms with Crippen LogP contribution in [0.25, 0.3) is 0 Å². The van der Waals surface area contributed by atoms with Gasteiger partial charge in [0.2, 0.25) is 0 Å². The topological polar surface area (TPSA) is 23.6 Å². The van der Waals surface area contributed by atoms with Crippen molar-refractivity contribution in [2.24, 2.45) is 0 Å². The number of halogens is 3. The standard InChI is InChI=1S/C21H21F3N2O/c22-21(23,24)18-5-2-6-19(14-18)25-9-11-26(12-10-25)20(27)17-8-7-15-3-1-4-16(15)13-17/h2,5-8,13-14H,1,3-4,9-12H2. The molecule has 0 saturated carbocycles. The van der Waals surface area contributed by atoms with Crippen molar-refractivity contribution in [2.45, 2.75) is 25.4 Å². The molecule has 1 aliphatic carbocycles. The summed E-state index contributed by atoms with van der Waals surface area (Å²) in [5.74, 6) is 0.00777. The van der Waals surface area contributed by atoms with E-state index in [4.69, 9.17) is 0 Å². The zero-order chi connectivity index (χ0) is 19.0. The molecule has 1 aliphatic heterocycles. The highest BCUT2D eigenvalue weighted by molar-refractivity contribution is 5.94. The highest BCUT2D eigenvalue weighted by Crippen LogP contribution is 2.32. The average Bonchev–Trinajstić information content (AvgIpc) is 3.15. The van der Waals surface area contributed by atoms with Gasteiger partial charge in [-0.1, -0.05) is 12.1 Å². The number of anilines is 1. The van der Waals surface area contributed by atoms with Crippen LogP contribution in [-0.4, -0.2) is 37.0 Å². The van der Waals surface area contributed by atoms with Crippen LogP contribution in [0.3, 0.4) is 0 Å². The number of carbonyl (C=O) groups is 1. The van der Waals surface area contributed by atoms with Gasteiger partial charge < -0.3 is 9.80 Å². The van der Waals surface area contributed by atoms with Gasteiger partial charge in [-0.15, -0.1) is 0 Å². The number of fused-ring (bicyclic) bond motifs is 1. The number of aryl methyl sites for hydroxylation is 2. The number of hydrogen-bond acceptors (Lipinski definition) is 2. The Balaban J connectivity index is 1.42. The second-order valence-electron chi connectivity index (χ2n) is 7.16. The molecule has 1 saturated heterocycles. The summed E-state index contributed by atoms with van der Waals surface area (Å²) in [5.41, 5.74) is 3.22. The number of amides is 1. The summed E-state index contributed by atoms with van der Waals surface area (Å²) in [7, 11) is 0. The molecule has 4 rings (SSSR count). The summed E-state index contributed by atoms with van der Waals surface area (Å²) in [6, 6.07) is 11.3. The molecule has 27 heavy (non-hydrogen) atoms. The first-order valence-corrected chi connectivity index (χ1v) is 9.25. The van der Waals surface area contributed by atoms with Crippen molar-refractivity contribution in [2.75, 3.05) is 31.1 Å². The number of nitrogens with zero attached hydrogens (tertiary/aromatic N) is 2. The third kappa shape index (κ3) is 3.66. The first-order valence-electron chi connectivity index (χ1n) is 9.25. The second-order valence-corrected chi connectivity index (χ2v) is 7.16. The van der Waals surface area contributed by atoms with Gasteiger partial charge in [-0.2, -0.15) is 13.2 Å². The van der Waals surface area contributed by atoms with E-state index in [1.165, 1.54) is 23.3 Å². The molecule has 1 fully saturated rings. The quantitative estimate of drug-likeness (QED) is 0.788. The number of benzene rings is 2. The molecular formula is C21H21F3N2O. The molecule has 0 unspecified atom stereocenters. The smallest absolute Gasteiger partial charge is 0.368 e. The van der Waals surface area contributed by atoms with E-state index in [0.717, 1.165) is 25.3 Å². The summed E-state index contributed by atoms with van der Waals surface area (Å²) < 4.78 is 38.7. The van der Waals surface area contributed by atoms with Crippen LogP contribution in [0.15, 0.2) is 42.5 Å². The van der Waals surface area contributed by atoms with Gasteiger partial charge in [0.15, 0.2) is 0 Å². The summed E-state index contributed by atoms with van der Waals surface area (Å²) in [6.45, 7) is 2.06. The minimum atomic E-state index is -4.35. The lowest BCUT2D eigenvalue weighted by Gasteiger charge is -2.36. The summed E-state index contributed by atoms with van der Waals surface area (Å²) >= 11 is 0. The van der Waals surface area contributed by atoms with Gasteiger partial charge in [0.05, 0.1) is 5.56 Å². The minimum absolute atomic E-state index is 0.00777. The second kappa shape index (κ2) is 6.91. The maximum absolute atomic E-state index is 12.9. The van der Waals surface area contributed by atoms with E-state index in [9.17, 15) is 18.0 Å². The molecule has 0 aromatic heterocycles. The number of piperazine rings is 1. The van der Waals surface area contributed by atoms with Crippen molar-refractivity contribution in [3.05, 3.63) is 64.7 Å². The number of carbonyl (C=O) groups excluding carboxylic acids is 1. The first kappa shape index (κ1) is 17.9. The maximum Gasteiger partial charge on any atom is 0.416 e. The van der Waals surface area contributed by atoms with Gasteiger partial charge in [-0.05, 0) is 60.7 Å². The number of rotatable bonds is 2. The number of hydrogen-bond donors (Lipinski definition) is 0. The molecule has 0 radical (unpaired) electrons. The molecule has 0 bridgehead atoms. The van der Waals surface area contributed by atoms with E-state index in [2.05, 4.69) is 6.07 Å². The number of alkyl halides is 3. The highest BCUT2D eigenvalue weighted by Gasteiger charge is 2.31. The molecular weight excluding hydrogens is 353 g/mol. The lowest BCUT2D eigenvalue weighted by molar-refractivity contribution is -0.137. The lowest BCUT2D eigenvalue weighted by Crippen LogP contribution is -2.48. The zero-order valence-electron chi connectivity index (χ0n) is 14.9. The van der Waals surface area contributed by atoms with Crippen LogP contribution >= 0.6 is 0 Å². The summed E-state index contributed by atoms with van der Waals surface area (Å²) in [6.07, 6.45) is -1.09. The van der Waals surface area contributed by atoms with Crippen molar-refractivity contribution in [3.63, 3.8) is 0 Å². The SMILES string of the molecule is O=C(c1ccc2c(c1)CCC2)N1CCN(c2cccc(C(F)(F)F)c2)CC1. The van der Waals surface area contributed by atoms with E-state index >= 15 is 0 Å². The van der Waals surface area contributed by atoms with E-state index in [-0.39, 0.29) is 5.91 Å². The van der Waals surface area contributed by atoms with Gasteiger partial charge in [0, 0.05) is 37.4 Å². The van der Waals surface area contributed by atoms with Crippen molar-refractivity contribution in [3.8, 4) is 0 Å². The summed E-state index contributed by atoms with van der Waals surface area (Å²) in [5, 5.41) is 0. The lowest BCUT2D eigenvalue weighted by atomic mass is 10.1. The van der Waals surface area contributed by atoms with Crippen LogP contribution < -0.4 is 4.90 Å². The van der Waals surface area contributed by atoms with Crippen molar-refractivity contribution in [1.82, 2.24) is 4.90 Å². The van der Waals surface area contributed by atoms with E-state index in [0.29, 0.717) is 37.4 Å². The maximum atomic E-state index is 12.9. The molecule has 2 aromatic rings. The molecule has 1 amide bonds. The van der Waals surface area contributed by atoms with Crippen LogP contribution in [0.2, 0.25) is 0 Å². The third-order valence-corrected chi connectivity index (χ3v) is 5.45. The predicted molar refractivity (Wildman–Crippen MR) is 98.0 cm³/mol. The summed E-state index contributed by atoms with van der Waals surface area (Å²) in [4.78, 5) is 16.5. The molecule has 3 nitrogen and oxygen atoms in total. The Morgan fingerprint density at radius 2 is 1.63 bits per heavy atom. The van der Waals surface area contributed by atoms with E-state index in [1.54, 1.807) is 11.0 Å². The van der Waals surface area contributed by atoms with Crippen molar-refractivity contribution < 1.29 is 18.0 Å². The third-order valence-electron chi connectivity index (χ3n) is 5.45. The van der Waals surface area contributed by atoms with Crippen LogP contribution in [-0.2, 0) is 19.0 Å². The molecule has 0 atom stereocenters. The van der Waals surface area contributed by atoms with Gasteiger partial charge in [-0.3, -0.25) is 4.79 Å². The molecule has 0 spiro atoms. The molecule has 0 N–H and O–H groups in total. The fourth-order valence-electron chi connectivity index (χ4n) is 3.93. The van der Waals surface area contributed by atoms with Crippen LogP contribution in [0, 0.1) is 0 Å². The van der Waals surface area contributed by atoms with Gasteiger partial charge in [0.25, 0.3) is 5.91 Å². The normalized spacial score (nSPS) is 17.1. The first-order chi connectivity index (χ1) is 12.9.